The van der Waals surface area contributed by atoms with Crippen LogP contribution in [-0.2, 0) is 75.2 Å². The molecule has 2 heterocycles. The summed E-state index contributed by atoms with van der Waals surface area (Å²) in [7, 11) is 12.8. The minimum absolute atomic E-state index is 0.00634. The van der Waals surface area contributed by atoms with E-state index in [1.165, 1.54) is 64.0 Å². The van der Waals surface area contributed by atoms with Crippen LogP contribution in [0.5, 0.6) is 0 Å². The van der Waals surface area contributed by atoms with Crippen LogP contribution in [-0.4, -0.2) is 265 Å². The average molecular weight is 1490 g/mol. The van der Waals surface area contributed by atoms with Crippen molar-refractivity contribution in [1.29, 1.82) is 0 Å². The number of carbonyl (C=O) groups is 13. The van der Waals surface area contributed by atoms with E-state index in [0.29, 0.717) is 56.3 Å². The first-order chi connectivity index (χ1) is 46.5. The van der Waals surface area contributed by atoms with Crippen molar-refractivity contribution in [2.24, 2.45) is 17.8 Å². The highest BCUT2D eigenvalue weighted by molar-refractivity contribution is 14.1. The first kappa shape index (κ1) is 83.7. The number of carbonyl (C=O) groups excluding carboxylic acids is 13. The van der Waals surface area contributed by atoms with Crippen molar-refractivity contribution in [2.45, 2.75) is 194 Å². The van der Waals surface area contributed by atoms with E-state index in [9.17, 15) is 47.9 Å². The van der Waals surface area contributed by atoms with Gasteiger partial charge in [-0.15, -0.1) is 0 Å². The number of aryl methyl sites for hydroxylation is 1. The highest BCUT2D eigenvalue weighted by Crippen LogP contribution is 2.23. The summed E-state index contributed by atoms with van der Waals surface area (Å²) >= 11 is 2.12. The van der Waals surface area contributed by atoms with Gasteiger partial charge in [0.1, 0.15) is 48.3 Å². The second-order valence-electron chi connectivity index (χ2n) is 28.1. The summed E-state index contributed by atoms with van der Waals surface area (Å²) in [6.07, 6.45) is 2.71. The predicted octanol–water partition coefficient (Wildman–Crippen LogP) is 3.62. The third-order valence-electron chi connectivity index (χ3n) is 18.8. The largest absolute Gasteiger partial charge is 0.349 e. The van der Waals surface area contributed by atoms with E-state index in [1.807, 2.05) is 84.9 Å². The van der Waals surface area contributed by atoms with Gasteiger partial charge >= 0.3 is 0 Å². The first-order valence-electron chi connectivity index (χ1n) is 34.8. The maximum atomic E-state index is 15.3. The zero-order chi connectivity index (χ0) is 74.3. The summed E-state index contributed by atoms with van der Waals surface area (Å²) < 4.78 is 0.831. The smallest absolute Gasteiger partial charge is 0.245 e. The summed E-state index contributed by atoms with van der Waals surface area (Å²) in [5, 5.41) is 11.5. The van der Waals surface area contributed by atoms with Crippen LogP contribution in [0.1, 0.15) is 142 Å². The molecule has 13 amide bonds. The van der Waals surface area contributed by atoms with E-state index in [4.69, 9.17) is 0 Å². The molecule has 4 N–H and O–H groups in total. The van der Waals surface area contributed by atoms with Gasteiger partial charge in [0.15, 0.2) is 0 Å². The molecule has 0 aromatic heterocycles. The fourth-order valence-electron chi connectivity index (χ4n) is 12.1. The number of nitrogens with one attached hydrogen (secondary N) is 4. The summed E-state index contributed by atoms with van der Waals surface area (Å²) in [6, 6.07) is 4.04. The fourth-order valence-corrected chi connectivity index (χ4v) is 12.8. The van der Waals surface area contributed by atoms with Gasteiger partial charge in [0.25, 0.3) is 0 Å². The molecule has 27 heteroatoms. The molecule has 2 fully saturated rings. The molecule has 26 nitrogen and oxygen atoms in total. The Morgan fingerprint density at radius 3 is 1.72 bits per heavy atom. The monoisotopic (exact) mass is 1490 g/mol. The van der Waals surface area contributed by atoms with Crippen LogP contribution in [0.4, 0.5) is 0 Å². The highest BCUT2D eigenvalue weighted by Gasteiger charge is 2.42. The zero-order valence-electron chi connectivity index (χ0n) is 61.6. The van der Waals surface area contributed by atoms with Crippen LogP contribution in [0, 0.1) is 28.2 Å². The van der Waals surface area contributed by atoms with Gasteiger partial charge in [0, 0.05) is 99.4 Å². The van der Waals surface area contributed by atoms with Crippen molar-refractivity contribution in [3.05, 3.63) is 68.8 Å². The number of nitrogens with zero attached hydrogens (tertiary/aromatic N) is 9. The number of rotatable bonds is 17. The molecule has 0 radical (unpaired) electrons. The quantitative estimate of drug-likeness (QED) is 0.165. The second-order valence-corrected chi connectivity index (χ2v) is 29.3. The van der Waals surface area contributed by atoms with E-state index in [0.717, 1.165) is 40.1 Å². The number of halogens is 1. The van der Waals surface area contributed by atoms with Gasteiger partial charge in [0.05, 0.1) is 26.1 Å². The lowest BCUT2D eigenvalue weighted by Gasteiger charge is -2.38. The third kappa shape index (κ3) is 25.1. The molecule has 0 saturated carbocycles. The molecular weight excluding hydrogens is 1380 g/mol. The number of unbranched alkanes of at least 4 members (excludes halogenated alkanes) is 1. The van der Waals surface area contributed by atoms with Crippen LogP contribution < -0.4 is 21.3 Å². The molecule has 2 saturated heterocycles. The lowest BCUT2D eigenvalue weighted by atomic mass is 9.95. The van der Waals surface area contributed by atoms with Crippen LogP contribution in [0.15, 0.2) is 48.5 Å². The zero-order valence-corrected chi connectivity index (χ0v) is 63.8. The van der Waals surface area contributed by atoms with E-state index in [2.05, 4.69) is 43.9 Å². The van der Waals surface area contributed by atoms with Gasteiger partial charge in [-0.3, -0.25) is 62.3 Å². The number of amides is 13. The Morgan fingerprint density at radius 2 is 1.13 bits per heavy atom. The molecule has 550 valence electrons. The molecule has 99 heavy (non-hydrogen) atoms. The second kappa shape index (κ2) is 39.9. The standard InChI is InChI=1S/C72H112IN13O13/c1-18-20-27-52-68(95)84(16)55(32-33-60(88)78(9)10)66(93)76-54(36-45(3)4)69(96)85(17)58(71(98)86-34-22-21-23-35-86)41-61(89)82(14)56(37-46(5)6)67(94)77-64(48(8)19-2)72(99)81(13)43-62(90)79(11)44-63(91)83(15)57(40-49-30-28-47(7)29-31-49)70(97)80(12)42-59(87)74-53(65(92)75-52)39-50-25-24-26-51(73)38-50/h24-26,28-31,38,45-46,48,52-58,64H,18-23,27,32-37,39-44H2,1-17H3,(H,74,87)(H,75,92)(H,76,93)(H,77,94)/t48-,52-,53-,54-,55-,56-,57-,58?,64-/m0/s1. The van der Waals surface area contributed by atoms with Crippen molar-refractivity contribution in [3.63, 3.8) is 0 Å². The Labute approximate surface area is 600 Å². The number of likely N-dealkylation sites (N-methyl/N-ethyl adjacent to an activating group) is 7. The van der Waals surface area contributed by atoms with E-state index in [1.54, 1.807) is 38.1 Å². The van der Waals surface area contributed by atoms with Crippen molar-refractivity contribution in [2.75, 3.05) is 96.2 Å². The van der Waals surface area contributed by atoms with Gasteiger partial charge < -0.3 is 65.4 Å². The first-order valence-corrected chi connectivity index (χ1v) is 35.9. The number of hydrogen-bond acceptors (Lipinski definition) is 13. The molecule has 2 aliphatic heterocycles. The van der Waals surface area contributed by atoms with E-state index >= 15 is 14.4 Å². The van der Waals surface area contributed by atoms with Gasteiger partial charge in [-0.25, -0.2) is 0 Å². The van der Waals surface area contributed by atoms with E-state index in [-0.39, 0.29) is 62.7 Å². The van der Waals surface area contributed by atoms with Gasteiger partial charge in [-0.05, 0) is 115 Å². The Bertz CT molecular complexity index is 3140. The van der Waals surface area contributed by atoms with Crippen LogP contribution in [0.25, 0.3) is 0 Å². The molecule has 1 unspecified atom stereocenters. The summed E-state index contributed by atoms with van der Waals surface area (Å²) in [5.74, 6) is -9.59. The number of likely N-dealkylation sites (tertiary alicyclic amines) is 1. The topological polar surface area (TPSA) is 299 Å². The molecule has 2 aromatic carbocycles. The predicted molar refractivity (Wildman–Crippen MR) is 385 cm³/mol. The van der Waals surface area contributed by atoms with Crippen molar-refractivity contribution < 1.29 is 62.3 Å². The maximum absolute atomic E-state index is 15.3. The van der Waals surface area contributed by atoms with Crippen molar-refractivity contribution in [3.8, 4) is 0 Å². The number of piperidine rings is 1. The summed E-state index contributed by atoms with van der Waals surface area (Å²) in [4.78, 5) is 202. The lowest BCUT2D eigenvalue weighted by molar-refractivity contribution is -0.151. The van der Waals surface area contributed by atoms with Crippen LogP contribution >= 0.6 is 22.6 Å². The molecule has 2 aliphatic rings. The molecule has 2 aromatic rings. The fraction of sp³-hybridized carbons (Fsp3) is 0.653. The van der Waals surface area contributed by atoms with Gasteiger partial charge in [0.2, 0.25) is 76.8 Å². The molecule has 9 atom stereocenters. The molecule has 0 aliphatic carbocycles. The minimum Gasteiger partial charge on any atom is -0.349 e. The average Bonchev–Trinajstić information content (AvgIpc) is 0.823. The summed E-state index contributed by atoms with van der Waals surface area (Å²) in [6.45, 7) is 13.8. The highest BCUT2D eigenvalue weighted by atomic mass is 127. The Kier molecular flexibility index (Phi) is 33.7. The van der Waals surface area contributed by atoms with Crippen LogP contribution in [0.3, 0.4) is 0 Å². The normalized spacial score (nSPS) is 23.5. The minimum atomic E-state index is -1.44. The van der Waals surface area contributed by atoms with Crippen LogP contribution in [0.2, 0.25) is 0 Å². The lowest BCUT2D eigenvalue weighted by Crippen LogP contribution is -2.61. The molecule has 4 rings (SSSR count). The Hall–Kier alpha value is -7.72. The van der Waals surface area contributed by atoms with Crippen molar-refractivity contribution in [1.82, 2.24) is 65.4 Å². The maximum Gasteiger partial charge on any atom is 0.245 e. The van der Waals surface area contributed by atoms with Gasteiger partial charge in [-0.2, -0.15) is 0 Å². The third-order valence-corrected chi connectivity index (χ3v) is 19.5. The van der Waals surface area contributed by atoms with E-state index < -0.39 is 151 Å². The van der Waals surface area contributed by atoms with Gasteiger partial charge in [-0.1, -0.05) is 110 Å². The Balaban J connectivity index is 1.94. The van der Waals surface area contributed by atoms with Crippen molar-refractivity contribution >= 4 is 99.4 Å². The SMILES string of the molecule is CCCC[C@@H]1NC(=O)[C@H](Cc2cccc(I)c2)NC(=O)CN(C)C(=O)[C@H](Cc2ccc(C)cc2)N(C)C(=O)CN(C)C(=O)CN(C)C(=O)[C@H]([C@@H](C)CC)NC(=O)[C@H](CC(C)C)N(C)C(=O)CC(C(=O)N2CCCCC2)N(C)C(=O)[C@H](CC(C)C)NC(=O)[C@H](CCC(=O)N(C)C)N(C)C1=O. The molecular formula is C72H112IN13O13. The summed E-state index contributed by atoms with van der Waals surface area (Å²) in [5.41, 5.74) is 2.27. The Morgan fingerprint density at radius 1 is 0.556 bits per heavy atom. The number of benzene rings is 2. The number of hydrogen-bond donors (Lipinski definition) is 4. The molecule has 0 bridgehead atoms. The molecule has 0 spiro atoms.